The summed E-state index contributed by atoms with van der Waals surface area (Å²) in [6.45, 7) is 1.46. The normalized spacial score (nSPS) is 19.3. The van der Waals surface area contributed by atoms with E-state index in [1.807, 2.05) is 6.92 Å². The molecule has 0 radical (unpaired) electrons. The second-order valence-electron chi connectivity index (χ2n) is 3.20. The summed E-state index contributed by atoms with van der Waals surface area (Å²) in [6, 6.07) is 0. The molecular formula is C9H18O6. The summed E-state index contributed by atoms with van der Waals surface area (Å²) >= 11 is 0. The number of carbonyl (C=O) groups excluding carboxylic acids is 1. The average Bonchev–Trinajstić information content (AvgIpc) is 2.27. The Morgan fingerprint density at radius 3 is 2.33 bits per heavy atom. The number of hydrogen-bond acceptors (Lipinski definition) is 6. The Hall–Kier alpha value is -0.530. The molecule has 90 valence electrons. The smallest absolute Gasteiger partial charge is 0.151 e. The first-order valence-electron chi connectivity index (χ1n) is 4.80. The first kappa shape index (κ1) is 14.5. The van der Waals surface area contributed by atoms with Crippen molar-refractivity contribution in [1.82, 2.24) is 0 Å². The molecule has 4 atom stereocenters. The fraction of sp³-hybridized carbons (Fsp3) is 0.889. The third kappa shape index (κ3) is 4.67. The molecule has 0 aliphatic rings. The van der Waals surface area contributed by atoms with Crippen molar-refractivity contribution in [3.8, 4) is 0 Å². The van der Waals surface area contributed by atoms with Crippen molar-refractivity contribution in [2.45, 2.75) is 37.8 Å². The van der Waals surface area contributed by atoms with Crippen LogP contribution in [0, 0.1) is 0 Å². The molecule has 0 heterocycles. The van der Waals surface area contributed by atoms with E-state index in [9.17, 15) is 15.0 Å². The Morgan fingerprint density at radius 2 is 1.93 bits per heavy atom. The van der Waals surface area contributed by atoms with Crippen LogP contribution in [0.15, 0.2) is 0 Å². The van der Waals surface area contributed by atoms with Gasteiger partial charge >= 0.3 is 0 Å². The second kappa shape index (κ2) is 7.72. The predicted octanol–water partition coefficient (Wildman–Crippen LogP) is -1.94. The summed E-state index contributed by atoms with van der Waals surface area (Å²) < 4.78 is 5.05. The van der Waals surface area contributed by atoms with E-state index in [1.165, 1.54) is 0 Å². The zero-order valence-electron chi connectivity index (χ0n) is 8.61. The molecule has 6 nitrogen and oxygen atoms in total. The molecule has 0 aromatic rings. The van der Waals surface area contributed by atoms with Crippen molar-refractivity contribution >= 4 is 6.29 Å². The first-order valence-corrected chi connectivity index (χ1v) is 4.80. The van der Waals surface area contributed by atoms with Crippen molar-refractivity contribution in [1.29, 1.82) is 0 Å². The van der Waals surface area contributed by atoms with Crippen molar-refractivity contribution < 1.29 is 30.0 Å². The summed E-state index contributed by atoms with van der Waals surface area (Å²) in [5.74, 6) is 0. The molecule has 0 aromatic heterocycles. The Balaban J connectivity index is 4.38. The van der Waals surface area contributed by atoms with E-state index in [4.69, 9.17) is 14.9 Å². The Labute approximate surface area is 88.1 Å². The van der Waals surface area contributed by atoms with E-state index in [0.29, 0.717) is 6.42 Å². The lowest BCUT2D eigenvalue weighted by Gasteiger charge is -2.27. The molecule has 0 aliphatic heterocycles. The van der Waals surface area contributed by atoms with Crippen LogP contribution < -0.4 is 0 Å². The number of aliphatic hydroxyl groups excluding tert-OH is 4. The van der Waals surface area contributed by atoms with Gasteiger partial charge in [-0.15, -0.1) is 0 Å². The maximum atomic E-state index is 10.2. The van der Waals surface area contributed by atoms with Crippen LogP contribution in [0.4, 0.5) is 0 Å². The van der Waals surface area contributed by atoms with E-state index in [0.717, 1.165) is 0 Å². The van der Waals surface area contributed by atoms with Crippen LogP contribution >= 0.6 is 0 Å². The van der Waals surface area contributed by atoms with Crippen molar-refractivity contribution in [2.24, 2.45) is 0 Å². The highest BCUT2D eigenvalue weighted by molar-refractivity contribution is 5.56. The standard InChI is InChI=1S/C9H18O6/c1-2-3-15-9(7(13)5-11)8(14)6(12)4-10/h4,6-9,11-14H,2-3,5H2,1H3/t6-,7+,8+,9+/m0/s1. The number of rotatable bonds is 8. The lowest BCUT2D eigenvalue weighted by molar-refractivity contribution is -0.149. The van der Waals surface area contributed by atoms with Gasteiger partial charge in [0.1, 0.15) is 24.4 Å². The molecule has 0 amide bonds. The molecule has 15 heavy (non-hydrogen) atoms. The van der Waals surface area contributed by atoms with Gasteiger partial charge < -0.3 is 30.0 Å². The molecule has 0 saturated heterocycles. The molecular weight excluding hydrogens is 204 g/mol. The third-order valence-electron chi connectivity index (χ3n) is 1.91. The molecule has 4 N–H and O–H groups in total. The highest BCUT2D eigenvalue weighted by atomic mass is 16.5. The van der Waals surface area contributed by atoms with Crippen LogP contribution in [-0.2, 0) is 9.53 Å². The van der Waals surface area contributed by atoms with Gasteiger partial charge in [-0.2, -0.15) is 0 Å². The third-order valence-corrected chi connectivity index (χ3v) is 1.91. The summed E-state index contributed by atoms with van der Waals surface area (Å²) in [6.07, 6.45) is -4.88. The molecule has 0 rings (SSSR count). The van der Waals surface area contributed by atoms with E-state index in [2.05, 4.69) is 0 Å². The van der Waals surface area contributed by atoms with Gasteiger partial charge in [-0.3, -0.25) is 0 Å². The summed E-state index contributed by atoms with van der Waals surface area (Å²) in [5.41, 5.74) is 0. The van der Waals surface area contributed by atoms with Gasteiger partial charge in [0.25, 0.3) is 0 Å². The van der Waals surface area contributed by atoms with Crippen LogP contribution in [0.1, 0.15) is 13.3 Å². The molecule has 0 spiro atoms. The molecule has 0 saturated carbocycles. The summed E-state index contributed by atoms with van der Waals surface area (Å²) in [5, 5.41) is 36.5. The molecule has 6 heteroatoms. The highest BCUT2D eigenvalue weighted by Gasteiger charge is 2.32. The maximum Gasteiger partial charge on any atom is 0.151 e. The lowest BCUT2D eigenvalue weighted by atomic mass is 10.0. The fourth-order valence-electron chi connectivity index (χ4n) is 1.07. The van der Waals surface area contributed by atoms with Gasteiger partial charge in [0, 0.05) is 6.61 Å². The maximum absolute atomic E-state index is 10.2. The SMILES string of the molecule is CCCO[C@@H]([C@H](O)[C@@H](O)C=O)[C@H](O)CO. The lowest BCUT2D eigenvalue weighted by Crippen LogP contribution is -2.48. The van der Waals surface area contributed by atoms with Crippen LogP contribution in [0.2, 0.25) is 0 Å². The van der Waals surface area contributed by atoms with Crippen LogP contribution in [0.3, 0.4) is 0 Å². The van der Waals surface area contributed by atoms with E-state index < -0.39 is 31.0 Å². The van der Waals surface area contributed by atoms with Crippen LogP contribution in [0.5, 0.6) is 0 Å². The Bertz CT molecular complexity index is 174. The topological polar surface area (TPSA) is 107 Å². The number of aliphatic hydroxyl groups is 4. The largest absolute Gasteiger partial charge is 0.394 e. The van der Waals surface area contributed by atoms with E-state index >= 15 is 0 Å². The van der Waals surface area contributed by atoms with Gasteiger partial charge in [-0.1, -0.05) is 6.92 Å². The predicted molar refractivity (Wildman–Crippen MR) is 51.2 cm³/mol. The minimum absolute atomic E-state index is 0.150. The van der Waals surface area contributed by atoms with Crippen LogP contribution in [0.25, 0.3) is 0 Å². The van der Waals surface area contributed by atoms with Gasteiger partial charge in [0.05, 0.1) is 6.61 Å². The molecule has 0 aliphatic carbocycles. The fourth-order valence-corrected chi connectivity index (χ4v) is 1.07. The van der Waals surface area contributed by atoms with E-state index in [-0.39, 0.29) is 12.9 Å². The zero-order valence-corrected chi connectivity index (χ0v) is 8.61. The van der Waals surface area contributed by atoms with Gasteiger partial charge in [0.2, 0.25) is 0 Å². The Kier molecular flexibility index (Phi) is 7.45. The minimum Gasteiger partial charge on any atom is -0.394 e. The quantitative estimate of drug-likeness (QED) is 0.356. The summed E-state index contributed by atoms with van der Waals surface area (Å²) in [4.78, 5) is 10.2. The second-order valence-corrected chi connectivity index (χ2v) is 3.20. The summed E-state index contributed by atoms with van der Waals surface area (Å²) in [7, 11) is 0. The minimum atomic E-state index is -1.63. The monoisotopic (exact) mass is 222 g/mol. The molecule has 0 aromatic carbocycles. The number of carbonyl (C=O) groups is 1. The van der Waals surface area contributed by atoms with Gasteiger partial charge in [0.15, 0.2) is 6.29 Å². The molecule has 0 bridgehead atoms. The number of ether oxygens (including phenoxy) is 1. The Morgan fingerprint density at radius 1 is 1.33 bits per heavy atom. The highest BCUT2D eigenvalue weighted by Crippen LogP contribution is 2.09. The van der Waals surface area contributed by atoms with Crippen molar-refractivity contribution in [3.63, 3.8) is 0 Å². The number of hydrogen-bond donors (Lipinski definition) is 4. The molecule has 0 unspecified atom stereocenters. The zero-order chi connectivity index (χ0) is 11.8. The van der Waals surface area contributed by atoms with Gasteiger partial charge in [-0.05, 0) is 6.42 Å². The van der Waals surface area contributed by atoms with Crippen molar-refractivity contribution in [2.75, 3.05) is 13.2 Å². The average molecular weight is 222 g/mol. The molecule has 0 fully saturated rings. The van der Waals surface area contributed by atoms with E-state index in [1.54, 1.807) is 0 Å². The van der Waals surface area contributed by atoms with Crippen LogP contribution in [-0.4, -0.2) is 64.3 Å². The number of aldehydes is 1. The van der Waals surface area contributed by atoms with Crippen molar-refractivity contribution in [3.05, 3.63) is 0 Å². The first-order chi connectivity index (χ1) is 7.08. The van der Waals surface area contributed by atoms with Gasteiger partial charge in [-0.25, -0.2) is 0 Å².